The fraction of sp³-hybridized carbons (Fsp3) is 0.250. The molecular weight excluding hydrogens is 268 g/mol. The smallest absolute Gasteiger partial charge is 0.270 e. The van der Waals surface area contributed by atoms with Crippen molar-refractivity contribution in [2.75, 3.05) is 20.8 Å². The number of benzene rings is 1. The van der Waals surface area contributed by atoms with E-state index in [1.807, 2.05) is 24.3 Å². The molecule has 0 unspecified atom stereocenters. The lowest BCUT2D eigenvalue weighted by Crippen LogP contribution is -2.26. The summed E-state index contributed by atoms with van der Waals surface area (Å²) in [7, 11) is 3.16. The largest absolute Gasteiger partial charge is 0.497 e. The van der Waals surface area contributed by atoms with Crippen LogP contribution in [0.3, 0.4) is 0 Å². The van der Waals surface area contributed by atoms with E-state index in [-0.39, 0.29) is 5.91 Å². The number of nitrogens with zero attached hydrogens (tertiary/aromatic N) is 1. The van der Waals surface area contributed by atoms with Gasteiger partial charge >= 0.3 is 0 Å². The third kappa shape index (κ3) is 4.21. The van der Waals surface area contributed by atoms with Gasteiger partial charge in [-0.25, -0.2) is 4.98 Å². The van der Waals surface area contributed by atoms with Crippen molar-refractivity contribution in [2.24, 2.45) is 0 Å². The predicted molar refractivity (Wildman–Crippen MR) is 79.8 cm³/mol. The highest BCUT2D eigenvalue weighted by Gasteiger charge is 2.07. The summed E-state index contributed by atoms with van der Waals surface area (Å²) in [6.45, 7) is 0.546. The Hall–Kier alpha value is -2.56. The van der Waals surface area contributed by atoms with Gasteiger partial charge in [0.2, 0.25) is 5.88 Å². The number of rotatable bonds is 6. The lowest BCUT2D eigenvalue weighted by molar-refractivity contribution is 0.0948. The van der Waals surface area contributed by atoms with Crippen LogP contribution in [0.1, 0.15) is 16.1 Å². The Kier molecular flexibility index (Phi) is 5.15. The molecule has 2 aromatic rings. The van der Waals surface area contributed by atoms with Crippen LogP contribution in [0.4, 0.5) is 0 Å². The Bertz CT molecular complexity index is 597. The van der Waals surface area contributed by atoms with Gasteiger partial charge < -0.3 is 14.8 Å². The number of carbonyl (C=O) groups is 1. The van der Waals surface area contributed by atoms with Gasteiger partial charge in [-0.15, -0.1) is 0 Å². The zero-order valence-electron chi connectivity index (χ0n) is 12.1. The molecule has 0 aliphatic heterocycles. The summed E-state index contributed by atoms with van der Waals surface area (Å²) in [4.78, 5) is 16.0. The number of aromatic nitrogens is 1. The van der Waals surface area contributed by atoms with Crippen LogP contribution in [0.15, 0.2) is 42.5 Å². The molecule has 0 saturated carbocycles. The van der Waals surface area contributed by atoms with Crippen molar-refractivity contribution in [3.05, 3.63) is 53.7 Å². The zero-order chi connectivity index (χ0) is 15.1. The Balaban J connectivity index is 1.85. The molecule has 1 heterocycles. The number of ether oxygens (including phenoxy) is 2. The average Bonchev–Trinajstić information content (AvgIpc) is 2.55. The summed E-state index contributed by atoms with van der Waals surface area (Å²) >= 11 is 0. The maximum absolute atomic E-state index is 12.0. The molecule has 0 spiro atoms. The number of carbonyl (C=O) groups excluding carboxylic acids is 1. The first-order valence-corrected chi connectivity index (χ1v) is 6.65. The fourth-order valence-electron chi connectivity index (χ4n) is 1.86. The first-order chi connectivity index (χ1) is 10.2. The zero-order valence-corrected chi connectivity index (χ0v) is 12.1. The molecule has 1 aromatic heterocycles. The van der Waals surface area contributed by atoms with Crippen LogP contribution in [0.5, 0.6) is 11.6 Å². The third-order valence-electron chi connectivity index (χ3n) is 3.02. The Morgan fingerprint density at radius 3 is 2.52 bits per heavy atom. The highest BCUT2D eigenvalue weighted by atomic mass is 16.5. The van der Waals surface area contributed by atoms with Gasteiger partial charge in [-0.05, 0) is 30.2 Å². The van der Waals surface area contributed by atoms with E-state index < -0.39 is 0 Å². The quantitative estimate of drug-likeness (QED) is 0.883. The molecule has 0 saturated heterocycles. The van der Waals surface area contributed by atoms with Gasteiger partial charge in [0.05, 0.1) is 14.2 Å². The number of amides is 1. The number of hydrogen-bond acceptors (Lipinski definition) is 4. The van der Waals surface area contributed by atoms with Gasteiger partial charge in [0, 0.05) is 12.6 Å². The van der Waals surface area contributed by atoms with Gasteiger partial charge in [-0.3, -0.25) is 4.79 Å². The fourth-order valence-corrected chi connectivity index (χ4v) is 1.86. The van der Waals surface area contributed by atoms with Crippen LogP contribution in [0.25, 0.3) is 0 Å². The first-order valence-electron chi connectivity index (χ1n) is 6.65. The number of hydrogen-bond donors (Lipinski definition) is 1. The molecule has 0 fully saturated rings. The summed E-state index contributed by atoms with van der Waals surface area (Å²) < 4.78 is 10.1. The molecule has 1 amide bonds. The predicted octanol–water partition coefficient (Wildman–Crippen LogP) is 2.07. The van der Waals surface area contributed by atoms with Gasteiger partial charge in [0.15, 0.2) is 0 Å². The van der Waals surface area contributed by atoms with E-state index in [2.05, 4.69) is 10.3 Å². The topological polar surface area (TPSA) is 60.5 Å². The van der Waals surface area contributed by atoms with Crippen LogP contribution in [0.2, 0.25) is 0 Å². The molecule has 21 heavy (non-hydrogen) atoms. The molecule has 2 rings (SSSR count). The second-order valence-electron chi connectivity index (χ2n) is 4.42. The Morgan fingerprint density at radius 2 is 1.86 bits per heavy atom. The van der Waals surface area contributed by atoms with E-state index in [0.717, 1.165) is 17.7 Å². The molecule has 0 radical (unpaired) electrons. The second kappa shape index (κ2) is 7.28. The lowest BCUT2D eigenvalue weighted by atomic mass is 10.1. The minimum atomic E-state index is -0.206. The summed E-state index contributed by atoms with van der Waals surface area (Å²) in [5.74, 6) is 1.04. The minimum Gasteiger partial charge on any atom is -0.497 e. The van der Waals surface area contributed by atoms with Crippen molar-refractivity contribution in [2.45, 2.75) is 6.42 Å². The van der Waals surface area contributed by atoms with Crippen LogP contribution >= 0.6 is 0 Å². The van der Waals surface area contributed by atoms with Crippen molar-refractivity contribution in [1.29, 1.82) is 0 Å². The second-order valence-corrected chi connectivity index (χ2v) is 4.42. The molecule has 5 heteroatoms. The number of nitrogens with one attached hydrogen (secondary N) is 1. The summed E-state index contributed by atoms with van der Waals surface area (Å²) in [6, 6.07) is 12.9. The normalized spacial score (nSPS) is 10.0. The molecule has 0 aliphatic carbocycles. The van der Waals surface area contributed by atoms with Gasteiger partial charge in [-0.1, -0.05) is 18.2 Å². The van der Waals surface area contributed by atoms with Crippen molar-refractivity contribution in [1.82, 2.24) is 10.3 Å². The van der Waals surface area contributed by atoms with E-state index >= 15 is 0 Å². The highest BCUT2D eigenvalue weighted by molar-refractivity contribution is 5.92. The van der Waals surface area contributed by atoms with Gasteiger partial charge in [0.1, 0.15) is 11.4 Å². The standard InChI is InChI=1S/C16H18N2O3/c1-20-13-8-6-12(7-9-13)10-11-17-16(19)14-4-3-5-15(18-14)21-2/h3-9H,10-11H2,1-2H3,(H,17,19). The minimum absolute atomic E-state index is 0.206. The summed E-state index contributed by atoms with van der Waals surface area (Å²) in [6.07, 6.45) is 0.750. The number of methoxy groups -OCH3 is 2. The highest BCUT2D eigenvalue weighted by Crippen LogP contribution is 2.11. The monoisotopic (exact) mass is 286 g/mol. The first kappa shape index (κ1) is 14.8. The summed E-state index contributed by atoms with van der Waals surface area (Å²) in [5.41, 5.74) is 1.48. The van der Waals surface area contributed by atoms with E-state index in [1.165, 1.54) is 7.11 Å². The third-order valence-corrected chi connectivity index (χ3v) is 3.02. The van der Waals surface area contributed by atoms with E-state index in [1.54, 1.807) is 25.3 Å². The number of pyridine rings is 1. The van der Waals surface area contributed by atoms with Gasteiger partial charge in [-0.2, -0.15) is 0 Å². The van der Waals surface area contributed by atoms with Crippen LogP contribution < -0.4 is 14.8 Å². The Labute approximate surface area is 123 Å². The van der Waals surface area contributed by atoms with E-state index in [4.69, 9.17) is 9.47 Å². The summed E-state index contributed by atoms with van der Waals surface area (Å²) in [5, 5.41) is 2.84. The van der Waals surface area contributed by atoms with Crippen molar-refractivity contribution in [3.8, 4) is 11.6 Å². The molecule has 110 valence electrons. The van der Waals surface area contributed by atoms with Crippen LogP contribution in [-0.4, -0.2) is 31.7 Å². The Morgan fingerprint density at radius 1 is 1.10 bits per heavy atom. The van der Waals surface area contributed by atoms with Crippen LogP contribution in [0, 0.1) is 0 Å². The average molecular weight is 286 g/mol. The molecule has 0 atom stereocenters. The van der Waals surface area contributed by atoms with Crippen molar-refractivity contribution in [3.63, 3.8) is 0 Å². The maximum Gasteiger partial charge on any atom is 0.270 e. The maximum atomic E-state index is 12.0. The van der Waals surface area contributed by atoms with E-state index in [9.17, 15) is 4.79 Å². The van der Waals surface area contributed by atoms with Gasteiger partial charge in [0.25, 0.3) is 5.91 Å². The SMILES string of the molecule is COc1ccc(CCNC(=O)c2cccc(OC)n2)cc1. The molecule has 1 aromatic carbocycles. The molecular formula is C16H18N2O3. The van der Waals surface area contributed by atoms with Crippen molar-refractivity contribution >= 4 is 5.91 Å². The van der Waals surface area contributed by atoms with Crippen molar-refractivity contribution < 1.29 is 14.3 Å². The van der Waals surface area contributed by atoms with Crippen LogP contribution in [-0.2, 0) is 6.42 Å². The molecule has 0 aliphatic rings. The molecule has 1 N–H and O–H groups in total. The van der Waals surface area contributed by atoms with E-state index in [0.29, 0.717) is 18.1 Å². The lowest BCUT2D eigenvalue weighted by Gasteiger charge is -2.06. The molecule has 5 nitrogen and oxygen atoms in total. The molecule has 0 bridgehead atoms.